The number of amides is 1. The third kappa shape index (κ3) is 3.56. The lowest BCUT2D eigenvalue weighted by atomic mass is 9.95. The number of hydrogen-bond donors (Lipinski definition) is 1. The first-order chi connectivity index (χ1) is 15.5. The average molecular weight is 434 g/mol. The highest BCUT2D eigenvalue weighted by molar-refractivity contribution is 6.51. The van der Waals surface area contributed by atoms with E-state index in [1.165, 1.54) is 49.6 Å². The molecule has 0 bridgehead atoms. The highest BCUT2D eigenvalue weighted by Crippen LogP contribution is 2.43. The summed E-state index contributed by atoms with van der Waals surface area (Å²) < 4.78 is 24.0. The summed E-state index contributed by atoms with van der Waals surface area (Å²) in [5.41, 5.74) is 0.906. The Morgan fingerprint density at radius 2 is 1.81 bits per heavy atom. The van der Waals surface area contributed by atoms with Crippen molar-refractivity contribution in [2.24, 2.45) is 0 Å². The topological polar surface area (TPSA) is 89.0 Å². The minimum Gasteiger partial charge on any atom is -0.507 e. The average Bonchev–Trinajstić information content (AvgIpc) is 3.09. The monoisotopic (exact) mass is 434 g/mol. The SMILES string of the molecule is COc1ccc(/C(O)=C2/C(=O)C(=O)N(c3ccc(F)cc3)C2c2cccnc2)c(OC)c1. The Kier molecular flexibility index (Phi) is 5.59. The maximum atomic E-state index is 13.5. The van der Waals surface area contributed by atoms with Gasteiger partial charge in [0.25, 0.3) is 11.7 Å². The van der Waals surface area contributed by atoms with Crippen molar-refractivity contribution in [2.45, 2.75) is 6.04 Å². The molecule has 1 N–H and O–H groups in total. The van der Waals surface area contributed by atoms with Crippen LogP contribution >= 0.6 is 0 Å². The second-order valence-electron chi connectivity index (χ2n) is 7.00. The van der Waals surface area contributed by atoms with Crippen LogP contribution in [0.1, 0.15) is 17.2 Å². The van der Waals surface area contributed by atoms with Gasteiger partial charge in [0, 0.05) is 24.1 Å². The summed E-state index contributed by atoms with van der Waals surface area (Å²) in [5.74, 6) is -1.85. The fourth-order valence-corrected chi connectivity index (χ4v) is 3.69. The number of anilines is 1. The minimum atomic E-state index is -0.971. The second-order valence-corrected chi connectivity index (χ2v) is 7.00. The molecule has 1 atom stereocenters. The van der Waals surface area contributed by atoms with Crippen LogP contribution < -0.4 is 14.4 Å². The summed E-state index contributed by atoms with van der Waals surface area (Å²) in [7, 11) is 2.91. The van der Waals surface area contributed by atoms with E-state index in [-0.39, 0.29) is 16.9 Å². The molecule has 4 rings (SSSR count). The third-order valence-corrected chi connectivity index (χ3v) is 5.21. The van der Waals surface area contributed by atoms with Crippen molar-refractivity contribution < 1.29 is 28.6 Å². The molecule has 1 fully saturated rings. The summed E-state index contributed by atoms with van der Waals surface area (Å²) in [6.45, 7) is 0. The van der Waals surface area contributed by atoms with Crippen molar-refractivity contribution in [1.82, 2.24) is 4.98 Å². The number of Topliss-reactive ketones (excluding diaryl/α,β-unsaturated/α-hetero) is 1. The predicted octanol–water partition coefficient (Wildman–Crippen LogP) is 3.86. The number of pyridine rings is 1. The van der Waals surface area contributed by atoms with E-state index in [0.29, 0.717) is 17.0 Å². The van der Waals surface area contributed by atoms with Crippen LogP contribution in [0.25, 0.3) is 5.76 Å². The number of rotatable bonds is 5. The van der Waals surface area contributed by atoms with E-state index in [0.717, 1.165) is 0 Å². The number of aliphatic hydroxyl groups is 1. The molecule has 1 aliphatic heterocycles. The maximum absolute atomic E-state index is 13.5. The molecule has 1 amide bonds. The smallest absolute Gasteiger partial charge is 0.300 e. The molecule has 1 aliphatic rings. The van der Waals surface area contributed by atoms with Crippen molar-refractivity contribution in [3.05, 3.63) is 89.5 Å². The van der Waals surface area contributed by atoms with Crippen molar-refractivity contribution in [2.75, 3.05) is 19.1 Å². The second kappa shape index (κ2) is 8.50. The molecule has 2 aromatic carbocycles. The molecule has 1 aromatic heterocycles. The zero-order chi connectivity index (χ0) is 22.8. The number of aromatic nitrogens is 1. The molecule has 8 heteroatoms. The van der Waals surface area contributed by atoms with E-state index in [1.54, 1.807) is 36.5 Å². The summed E-state index contributed by atoms with van der Waals surface area (Å²) in [4.78, 5) is 31.5. The first-order valence-corrected chi connectivity index (χ1v) is 9.65. The van der Waals surface area contributed by atoms with Gasteiger partial charge in [0.2, 0.25) is 0 Å². The third-order valence-electron chi connectivity index (χ3n) is 5.21. The van der Waals surface area contributed by atoms with Gasteiger partial charge >= 0.3 is 0 Å². The number of carbonyl (C=O) groups excluding carboxylic acids is 2. The Morgan fingerprint density at radius 3 is 2.44 bits per heavy atom. The first-order valence-electron chi connectivity index (χ1n) is 9.65. The lowest BCUT2D eigenvalue weighted by Crippen LogP contribution is -2.29. The van der Waals surface area contributed by atoms with Gasteiger partial charge in [0.15, 0.2) is 0 Å². The molecule has 7 nitrogen and oxygen atoms in total. The van der Waals surface area contributed by atoms with Gasteiger partial charge in [-0.05, 0) is 48.0 Å². The number of carbonyl (C=O) groups is 2. The number of ether oxygens (including phenoxy) is 2. The molecular weight excluding hydrogens is 415 g/mol. The standard InChI is InChI=1S/C24H19FN2O5/c1-31-17-9-10-18(19(12-17)32-2)22(28)20-21(14-4-3-11-26-13-14)27(24(30)23(20)29)16-7-5-15(25)6-8-16/h3-13,21,28H,1-2H3/b22-20-. The van der Waals surface area contributed by atoms with Crippen LogP contribution in [0.15, 0.2) is 72.6 Å². The molecule has 2 heterocycles. The highest BCUT2D eigenvalue weighted by atomic mass is 19.1. The molecular formula is C24H19FN2O5. The number of ketones is 1. The molecule has 32 heavy (non-hydrogen) atoms. The van der Waals surface area contributed by atoms with Crippen LogP contribution in [0.2, 0.25) is 0 Å². The van der Waals surface area contributed by atoms with Crippen molar-refractivity contribution in [3.63, 3.8) is 0 Å². The van der Waals surface area contributed by atoms with Gasteiger partial charge in [-0.25, -0.2) is 4.39 Å². The van der Waals surface area contributed by atoms with Gasteiger partial charge in [0.05, 0.1) is 31.4 Å². The molecule has 1 saturated heterocycles. The van der Waals surface area contributed by atoms with Gasteiger partial charge in [0.1, 0.15) is 23.1 Å². The van der Waals surface area contributed by atoms with E-state index >= 15 is 0 Å². The number of halogens is 1. The van der Waals surface area contributed by atoms with E-state index in [9.17, 15) is 19.1 Å². The van der Waals surface area contributed by atoms with E-state index in [4.69, 9.17) is 9.47 Å². The molecule has 0 radical (unpaired) electrons. The Morgan fingerprint density at radius 1 is 1.06 bits per heavy atom. The number of methoxy groups -OCH3 is 2. The Bertz CT molecular complexity index is 1210. The fourth-order valence-electron chi connectivity index (χ4n) is 3.69. The molecule has 1 unspecified atom stereocenters. The summed E-state index contributed by atoms with van der Waals surface area (Å²) in [5, 5.41) is 11.2. The van der Waals surface area contributed by atoms with Crippen LogP contribution in [0.3, 0.4) is 0 Å². The molecule has 162 valence electrons. The minimum absolute atomic E-state index is 0.129. The fraction of sp³-hybridized carbons (Fsp3) is 0.125. The van der Waals surface area contributed by atoms with Gasteiger partial charge < -0.3 is 14.6 Å². The first kappa shape index (κ1) is 21.0. The Labute approximate surface area is 183 Å². The maximum Gasteiger partial charge on any atom is 0.300 e. The van der Waals surface area contributed by atoms with E-state index < -0.39 is 29.3 Å². The van der Waals surface area contributed by atoms with Crippen LogP contribution in [-0.4, -0.2) is 36.0 Å². The Balaban J connectivity index is 1.95. The van der Waals surface area contributed by atoms with Gasteiger partial charge in [-0.1, -0.05) is 6.07 Å². The lowest BCUT2D eigenvalue weighted by molar-refractivity contribution is -0.132. The van der Waals surface area contributed by atoms with Crippen molar-refractivity contribution >= 4 is 23.1 Å². The van der Waals surface area contributed by atoms with Crippen LogP contribution in [0.4, 0.5) is 10.1 Å². The van der Waals surface area contributed by atoms with Crippen LogP contribution in [0, 0.1) is 5.82 Å². The summed E-state index contributed by atoms with van der Waals surface area (Å²) in [6, 6.07) is 12.3. The number of hydrogen-bond acceptors (Lipinski definition) is 6. The number of benzene rings is 2. The zero-order valence-electron chi connectivity index (χ0n) is 17.3. The van der Waals surface area contributed by atoms with Crippen molar-refractivity contribution in [3.8, 4) is 11.5 Å². The summed E-state index contributed by atoms with van der Waals surface area (Å²) >= 11 is 0. The molecule has 3 aromatic rings. The number of nitrogens with zero attached hydrogens (tertiary/aromatic N) is 2. The molecule has 0 saturated carbocycles. The van der Waals surface area contributed by atoms with E-state index in [1.807, 2.05) is 0 Å². The molecule has 0 spiro atoms. The largest absolute Gasteiger partial charge is 0.507 e. The summed E-state index contributed by atoms with van der Waals surface area (Å²) in [6.07, 6.45) is 3.06. The van der Waals surface area contributed by atoms with Crippen molar-refractivity contribution in [1.29, 1.82) is 0 Å². The zero-order valence-corrected chi connectivity index (χ0v) is 17.3. The van der Waals surface area contributed by atoms with Crippen LogP contribution in [-0.2, 0) is 9.59 Å². The molecule has 0 aliphatic carbocycles. The van der Waals surface area contributed by atoms with Crippen LogP contribution in [0.5, 0.6) is 11.5 Å². The van der Waals surface area contributed by atoms with Gasteiger partial charge in [-0.3, -0.25) is 19.5 Å². The van der Waals surface area contributed by atoms with Gasteiger partial charge in [-0.15, -0.1) is 0 Å². The number of aliphatic hydroxyl groups excluding tert-OH is 1. The predicted molar refractivity (Wildman–Crippen MR) is 115 cm³/mol. The van der Waals surface area contributed by atoms with Gasteiger partial charge in [-0.2, -0.15) is 0 Å². The normalized spacial score (nSPS) is 17.5. The lowest BCUT2D eigenvalue weighted by Gasteiger charge is -2.25. The highest BCUT2D eigenvalue weighted by Gasteiger charge is 2.47. The quantitative estimate of drug-likeness (QED) is 0.373. The van der Waals surface area contributed by atoms with E-state index in [2.05, 4.69) is 4.98 Å². The Hall–Kier alpha value is -4.20.